The molecule has 7 nitrogen and oxygen atoms in total. The van der Waals surface area contributed by atoms with Crippen LogP contribution in [0.25, 0.3) is 6.08 Å². The second kappa shape index (κ2) is 13.5. The summed E-state index contributed by atoms with van der Waals surface area (Å²) in [5.74, 6) is -0.934. The Balaban J connectivity index is 2.64. The fourth-order valence-electron chi connectivity index (χ4n) is 4.40. The molecular formula is C32H45N3O4. The Hall–Kier alpha value is -3.61. The van der Waals surface area contributed by atoms with Crippen molar-refractivity contribution < 1.29 is 19.1 Å². The van der Waals surface area contributed by atoms with E-state index in [1.54, 1.807) is 31.7 Å². The minimum Gasteiger partial charge on any atom is -0.444 e. The van der Waals surface area contributed by atoms with Crippen LogP contribution in [0.1, 0.15) is 83.2 Å². The van der Waals surface area contributed by atoms with Gasteiger partial charge < -0.3 is 20.3 Å². The number of carbonyl (C=O) groups excluding carboxylic acids is 3. The Morgan fingerprint density at radius 2 is 1.62 bits per heavy atom. The molecule has 3 amide bonds. The number of amides is 3. The highest BCUT2D eigenvalue weighted by molar-refractivity contribution is 6.00. The molecule has 0 aliphatic heterocycles. The van der Waals surface area contributed by atoms with Crippen LogP contribution in [0.4, 0.5) is 10.5 Å². The average molecular weight is 536 g/mol. The summed E-state index contributed by atoms with van der Waals surface area (Å²) >= 11 is 0. The Morgan fingerprint density at radius 3 is 2.13 bits per heavy atom. The van der Waals surface area contributed by atoms with Crippen molar-refractivity contribution in [3.8, 4) is 0 Å². The number of para-hydroxylation sites is 1. The SMILES string of the molecule is C=Cc1cccc(C(C(=O)Nc2c(C)cccc2C)N(C(=O)C(NC(=O)OC(C)(C)C)C(C)C)C(C)CC)c1. The lowest BCUT2D eigenvalue weighted by molar-refractivity contribution is -0.144. The number of benzene rings is 2. The number of alkyl carbamates (subject to hydrolysis) is 1. The first-order chi connectivity index (χ1) is 18.2. The molecule has 0 aliphatic rings. The lowest BCUT2D eigenvalue weighted by atomic mass is 9.95. The van der Waals surface area contributed by atoms with Crippen molar-refractivity contribution in [1.29, 1.82) is 0 Å². The summed E-state index contributed by atoms with van der Waals surface area (Å²) in [6, 6.07) is 11.1. The monoisotopic (exact) mass is 535 g/mol. The average Bonchev–Trinajstić information content (AvgIpc) is 2.85. The van der Waals surface area contributed by atoms with E-state index in [1.165, 1.54) is 0 Å². The van der Waals surface area contributed by atoms with Crippen LogP contribution in [0.5, 0.6) is 0 Å². The van der Waals surface area contributed by atoms with Gasteiger partial charge in [-0.3, -0.25) is 9.59 Å². The number of nitrogens with one attached hydrogen (secondary N) is 2. The van der Waals surface area contributed by atoms with Gasteiger partial charge in [0.05, 0.1) is 0 Å². The summed E-state index contributed by atoms with van der Waals surface area (Å²) in [6.45, 7) is 20.7. The first-order valence-corrected chi connectivity index (χ1v) is 13.6. The molecule has 0 bridgehead atoms. The zero-order chi connectivity index (χ0) is 29.5. The van der Waals surface area contributed by atoms with E-state index in [1.807, 2.05) is 84.0 Å². The van der Waals surface area contributed by atoms with Crippen LogP contribution < -0.4 is 10.6 Å². The molecule has 0 spiro atoms. The first kappa shape index (κ1) is 31.6. The van der Waals surface area contributed by atoms with Crippen molar-refractivity contribution in [2.75, 3.05) is 5.32 Å². The molecule has 7 heteroatoms. The van der Waals surface area contributed by atoms with E-state index in [-0.39, 0.29) is 23.8 Å². The first-order valence-electron chi connectivity index (χ1n) is 13.6. The molecule has 2 aromatic carbocycles. The van der Waals surface area contributed by atoms with Gasteiger partial charge in [-0.05, 0) is 82.2 Å². The summed E-state index contributed by atoms with van der Waals surface area (Å²) < 4.78 is 5.45. The molecule has 3 atom stereocenters. The predicted molar refractivity (Wildman–Crippen MR) is 158 cm³/mol. The maximum absolute atomic E-state index is 14.3. The van der Waals surface area contributed by atoms with Crippen LogP contribution in [0.3, 0.4) is 0 Å². The smallest absolute Gasteiger partial charge is 0.408 e. The van der Waals surface area contributed by atoms with Gasteiger partial charge in [-0.25, -0.2) is 4.79 Å². The van der Waals surface area contributed by atoms with E-state index in [0.29, 0.717) is 12.0 Å². The van der Waals surface area contributed by atoms with Gasteiger partial charge in [-0.2, -0.15) is 0 Å². The van der Waals surface area contributed by atoms with Crippen LogP contribution in [-0.2, 0) is 14.3 Å². The number of aryl methyl sites for hydroxylation is 2. The zero-order valence-electron chi connectivity index (χ0n) is 24.9. The van der Waals surface area contributed by atoms with E-state index < -0.39 is 23.8 Å². The van der Waals surface area contributed by atoms with Crippen LogP contribution >= 0.6 is 0 Å². The maximum Gasteiger partial charge on any atom is 0.408 e. The van der Waals surface area contributed by atoms with Gasteiger partial charge in [0, 0.05) is 11.7 Å². The number of anilines is 1. The Kier molecular flexibility index (Phi) is 10.9. The molecular weight excluding hydrogens is 490 g/mol. The molecule has 2 rings (SSSR count). The van der Waals surface area contributed by atoms with Gasteiger partial charge in [-0.15, -0.1) is 0 Å². The molecule has 3 unspecified atom stereocenters. The Morgan fingerprint density at radius 1 is 1.03 bits per heavy atom. The van der Waals surface area contributed by atoms with Crippen molar-refractivity contribution in [1.82, 2.24) is 10.2 Å². The summed E-state index contributed by atoms with van der Waals surface area (Å²) in [5.41, 5.74) is 3.34. The van der Waals surface area contributed by atoms with Crippen molar-refractivity contribution in [3.63, 3.8) is 0 Å². The molecule has 39 heavy (non-hydrogen) atoms. The molecule has 2 aromatic rings. The van der Waals surface area contributed by atoms with E-state index >= 15 is 0 Å². The third-order valence-electron chi connectivity index (χ3n) is 6.64. The number of carbonyl (C=O) groups is 3. The van der Waals surface area contributed by atoms with E-state index in [0.717, 1.165) is 22.4 Å². The van der Waals surface area contributed by atoms with Crippen molar-refractivity contribution in [3.05, 3.63) is 71.3 Å². The summed E-state index contributed by atoms with van der Waals surface area (Å²) in [6.07, 6.45) is 1.64. The highest BCUT2D eigenvalue weighted by atomic mass is 16.6. The normalized spacial score (nSPS) is 13.7. The third-order valence-corrected chi connectivity index (χ3v) is 6.64. The topological polar surface area (TPSA) is 87.7 Å². The van der Waals surface area contributed by atoms with Crippen LogP contribution in [-0.4, -0.2) is 40.5 Å². The standard InChI is InChI=1S/C32H45N3O4/c1-11-23(7)35(30(37)26(20(3)4)34-31(38)39-32(8,9)10)28(25-18-14-17-24(12-2)19-25)29(36)33-27-21(5)15-13-16-22(27)6/h12-20,23,26,28H,2,11H2,1,3-10H3,(H,33,36)(H,34,38). The fraction of sp³-hybridized carbons (Fsp3) is 0.469. The number of ether oxygens (including phenoxy) is 1. The highest BCUT2D eigenvalue weighted by Gasteiger charge is 2.39. The molecule has 2 N–H and O–H groups in total. The van der Waals surface area contributed by atoms with Gasteiger partial charge >= 0.3 is 6.09 Å². The lowest BCUT2D eigenvalue weighted by Gasteiger charge is -2.39. The molecule has 0 aromatic heterocycles. The summed E-state index contributed by atoms with van der Waals surface area (Å²) in [4.78, 5) is 42.8. The summed E-state index contributed by atoms with van der Waals surface area (Å²) in [5, 5.41) is 5.87. The second-order valence-corrected chi connectivity index (χ2v) is 11.4. The maximum atomic E-state index is 14.3. The number of rotatable bonds is 10. The quantitative estimate of drug-likeness (QED) is 0.350. The molecule has 0 radical (unpaired) electrons. The largest absolute Gasteiger partial charge is 0.444 e. The highest BCUT2D eigenvalue weighted by Crippen LogP contribution is 2.30. The van der Waals surface area contributed by atoms with E-state index in [9.17, 15) is 14.4 Å². The van der Waals surface area contributed by atoms with E-state index in [4.69, 9.17) is 4.74 Å². The Labute approximate surface area is 234 Å². The van der Waals surface area contributed by atoms with Crippen molar-refractivity contribution in [2.24, 2.45) is 5.92 Å². The van der Waals surface area contributed by atoms with Crippen LogP contribution in [0.15, 0.2) is 49.0 Å². The van der Waals surface area contributed by atoms with Gasteiger partial charge in [0.25, 0.3) is 5.91 Å². The minimum absolute atomic E-state index is 0.251. The van der Waals surface area contributed by atoms with Crippen molar-refractivity contribution in [2.45, 2.75) is 92.5 Å². The Bertz CT molecular complexity index is 1160. The van der Waals surface area contributed by atoms with Crippen LogP contribution in [0, 0.1) is 19.8 Å². The second-order valence-electron chi connectivity index (χ2n) is 11.4. The molecule has 212 valence electrons. The van der Waals surface area contributed by atoms with Gasteiger partial charge in [0.2, 0.25) is 5.91 Å². The summed E-state index contributed by atoms with van der Waals surface area (Å²) in [7, 11) is 0. The zero-order valence-corrected chi connectivity index (χ0v) is 24.9. The van der Waals surface area contributed by atoms with E-state index in [2.05, 4.69) is 17.2 Å². The van der Waals surface area contributed by atoms with Gasteiger partial charge in [0.15, 0.2) is 0 Å². The van der Waals surface area contributed by atoms with Gasteiger partial charge in [-0.1, -0.05) is 69.8 Å². The molecule has 0 saturated heterocycles. The van der Waals surface area contributed by atoms with Crippen molar-refractivity contribution >= 4 is 29.7 Å². The third kappa shape index (κ3) is 8.44. The molecule has 0 aliphatic carbocycles. The number of hydrogen-bond donors (Lipinski definition) is 2. The molecule has 0 fully saturated rings. The lowest BCUT2D eigenvalue weighted by Crippen LogP contribution is -2.56. The number of hydrogen-bond acceptors (Lipinski definition) is 4. The van der Waals surface area contributed by atoms with Gasteiger partial charge in [0.1, 0.15) is 17.7 Å². The number of nitrogens with zero attached hydrogens (tertiary/aromatic N) is 1. The molecule has 0 heterocycles. The molecule has 0 saturated carbocycles. The van der Waals surface area contributed by atoms with Crippen LogP contribution in [0.2, 0.25) is 0 Å². The predicted octanol–water partition coefficient (Wildman–Crippen LogP) is 6.80. The fourth-order valence-corrected chi connectivity index (χ4v) is 4.40. The minimum atomic E-state index is -0.951.